The molecule has 1 aromatic heterocycles. The lowest BCUT2D eigenvalue weighted by Crippen LogP contribution is -2.50. The molecule has 2 atom stereocenters. The molecule has 3 heterocycles. The fraction of sp³-hybridized carbons (Fsp3) is 0.333. The van der Waals surface area contributed by atoms with Crippen molar-refractivity contribution >= 4 is 38.9 Å². The second-order valence-corrected chi connectivity index (χ2v) is 7.85. The van der Waals surface area contributed by atoms with Crippen molar-refractivity contribution in [2.24, 2.45) is 5.92 Å². The van der Waals surface area contributed by atoms with Gasteiger partial charge in [0.2, 0.25) is 0 Å². The van der Waals surface area contributed by atoms with Gasteiger partial charge in [-0.3, -0.25) is 4.79 Å². The summed E-state index contributed by atoms with van der Waals surface area (Å²) in [7, 11) is 0. The van der Waals surface area contributed by atoms with Crippen molar-refractivity contribution in [2.75, 3.05) is 18.4 Å². The van der Waals surface area contributed by atoms with Crippen LogP contribution in [0.3, 0.4) is 0 Å². The van der Waals surface area contributed by atoms with Crippen LogP contribution >= 0.6 is 28.1 Å². The maximum absolute atomic E-state index is 12.1. The van der Waals surface area contributed by atoms with Crippen LogP contribution in [0.4, 0.5) is 5.69 Å². The lowest BCUT2D eigenvalue weighted by atomic mass is 9.83. The van der Waals surface area contributed by atoms with Gasteiger partial charge in [0.1, 0.15) is 0 Å². The van der Waals surface area contributed by atoms with Crippen LogP contribution in [0.5, 0.6) is 0 Å². The van der Waals surface area contributed by atoms with Crippen LogP contribution in [0.25, 0.3) is 0 Å². The normalized spacial score (nSPS) is 22.0. The molecule has 4 nitrogen and oxygen atoms in total. The van der Waals surface area contributed by atoms with Crippen LogP contribution in [0, 0.1) is 5.92 Å². The highest BCUT2D eigenvalue weighted by atomic mass is 79.9. The summed E-state index contributed by atoms with van der Waals surface area (Å²) in [6.07, 6.45) is 1.14. The van der Waals surface area contributed by atoms with E-state index in [1.165, 1.54) is 0 Å². The van der Waals surface area contributed by atoms with Crippen LogP contribution in [0.15, 0.2) is 51.7 Å². The number of rotatable bonds is 1. The Kier molecular flexibility index (Phi) is 4.18. The number of pyridine rings is 1. The van der Waals surface area contributed by atoms with Crippen molar-refractivity contribution in [3.05, 3.63) is 63.0 Å². The van der Waals surface area contributed by atoms with E-state index in [4.69, 9.17) is 12.2 Å². The Balaban J connectivity index is 1.53. The summed E-state index contributed by atoms with van der Waals surface area (Å²) < 4.78 is 2.97. The van der Waals surface area contributed by atoms with Crippen molar-refractivity contribution < 1.29 is 0 Å². The molecule has 0 saturated carbocycles. The Bertz CT molecular complexity index is 850. The summed E-state index contributed by atoms with van der Waals surface area (Å²) in [6, 6.07) is 13.6. The predicted molar refractivity (Wildman–Crippen MR) is 103 cm³/mol. The minimum Gasteiger partial charge on any atom is -0.348 e. The van der Waals surface area contributed by atoms with Crippen LogP contribution < -0.4 is 10.9 Å². The lowest BCUT2D eigenvalue weighted by Gasteiger charge is -2.43. The molecule has 124 valence electrons. The second kappa shape index (κ2) is 6.33. The molecule has 6 heteroatoms. The van der Waals surface area contributed by atoms with Gasteiger partial charge in [0.15, 0.2) is 5.11 Å². The smallest absolute Gasteiger partial charge is 0.250 e. The number of halogens is 1. The zero-order valence-electron chi connectivity index (χ0n) is 13.1. The summed E-state index contributed by atoms with van der Waals surface area (Å²) in [4.78, 5) is 14.3. The number of thiocarbonyl (C=S) groups is 1. The SMILES string of the molecule is O=c1cccc2n1CC1CC2CN(C(=S)Nc2cccc(Br)c2)C1. The molecule has 2 aliphatic heterocycles. The first-order valence-electron chi connectivity index (χ1n) is 8.11. The molecule has 1 aromatic carbocycles. The molecule has 4 rings (SSSR count). The van der Waals surface area contributed by atoms with Gasteiger partial charge in [-0.05, 0) is 48.8 Å². The molecule has 0 radical (unpaired) electrons. The van der Waals surface area contributed by atoms with Crippen molar-refractivity contribution in [1.29, 1.82) is 0 Å². The minimum absolute atomic E-state index is 0.116. The molecule has 1 saturated heterocycles. The molecule has 1 N–H and O–H groups in total. The Morgan fingerprint density at radius 3 is 2.83 bits per heavy atom. The Morgan fingerprint density at radius 2 is 2.00 bits per heavy atom. The summed E-state index contributed by atoms with van der Waals surface area (Å²) in [5.41, 5.74) is 2.25. The number of likely N-dealkylation sites (tertiary alicyclic amines) is 1. The number of aromatic nitrogens is 1. The van der Waals surface area contributed by atoms with E-state index < -0.39 is 0 Å². The van der Waals surface area contributed by atoms with Crippen molar-refractivity contribution in [1.82, 2.24) is 9.47 Å². The number of piperidine rings is 1. The molecule has 0 aliphatic carbocycles. The highest BCUT2D eigenvalue weighted by molar-refractivity contribution is 9.10. The van der Waals surface area contributed by atoms with Gasteiger partial charge in [-0.1, -0.05) is 28.1 Å². The number of fused-ring (bicyclic) bond motifs is 4. The van der Waals surface area contributed by atoms with E-state index in [9.17, 15) is 4.79 Å². The third-order valence-electron chi connectivity index (χ3n) is 4.84. The van der Waals surface area contributed by atoms with Gasteiger partial charge < -0.3 is 14.8 Å². The monoisotopic (exact) mass is 403 g/mol. The van der Waals surface area contributed by atoms with Crippen molar-refractivity contribution in [3.8, 4) is 0 Å². The molecule has 24 heavy (non-hydrogen) atoms. The quantitative estimate of drug-likeness (QED) is 0.740. The van der Waals surface area contributed by atoms with E-state index in [1.807, 2.05) is 34.9 Å². The first-order chi connectivity index (χ1) is 11.6. The van der Waals surface area contributed by atoms with Crippen molar-refractivity contribution in [3.63, 3.8) is 0 Å². The van der Waals surface area contributed by atoms with Gasteiger partial charge in [0.25, 0.3) is 5.56 Å². The third kappa shape index (κ3) is 3.00. The maximum atomic E-state index is 12.1. The van der Waals surface area contributed by atoms with Gasteiger partial charge in [0, 0.05) is 47.5 Å². The molecule has 2 unspecified atom stereocenters. The number of hydrogen-bond donors (Lipinski definition) is 1. The second-order valence-electron chi connectivity index (χ2n) is 6.54. The predicted octanol–water partition coefficient (Wildman–Crippen LogP) is 3.43. The first-order valence-corrected chi connectivity index (χ1v) is 9.31. The van der Waals surface area contributed by atoms with E-state index in [2.05, 4.69) is 32.2 Å². The fourth-order valence-electron chi connectivity index (χ4n) is 3.83. The zero-order chi connectivity index (χ0) is 16.7. The Labute approximate surface area is 154 Å². The average Bonchev–Trinajstić information content (AvgIpc) is 2.56. The standard InChI is InChI=1S/C18H18BrN3OS/c19-14-3-1-4-15(8-14)20-18(24)21-9-12-7-13(11-21)16-5-2-6-17(23)22(16)10-12/h1-6,8,12-13H,7,9-11H2,(H,20,24). The van der Waals surface area contributed by atoms with E-state index >= 15 is 0 Å². The van der Waals surface area contributed by atoms with Crippen LogP contribution in [-0.4, -0.2) is 27.7 Å². The lowest BCUT2D eigenvalue weighted by molar-refractivity contribution is 0.180. The van der Waals surface area contributed by atoms with Crippen molar-refractivity contribution in [2.45, 2.75) is 18.9 Å². The number of benzene rings is 1. The number of hydrogen-bond acceptors (Lipinski definition) is 2. The molecule has 2 aliphatic rings. The summed E-state index contributed by atoms with van der Waals surface area (Å²) >= 11 is 9.12. The highest BCUT2D eigenvalue weighted by Gasteiger charge is 2.35. The molecular weight excluding hydrogens is 386 g/mol. The van der Waals surface area contributed by atoms with E-state index in [0.717, 1.165) is 47.0 Å². The summed E-state index contributed by atoms with van der Waals surface area (Å²) in [5, 5.41) is 4.09. The van der Waals surface area contributed by atoms with Gasteiger partial charge in [-0.25, -0.2) is 0 Å². The molecule has 2 aromatic rings. The highest BCUT2D eigenvalue weighted by Crippen LogP contribution is 2.35. The maximum Gasteiger partial charge on any atom is 0.250 e. The van der Waals surface area contributed by atoms with Crippen LogP contribution in [0.1, 0.15) is 18.0 Å². The van der Waals surface area contributed by atoms with E-state index in [0.29, 0.717) is 11.8 Å². The molecule has 0 amide bonds. The largest absolute Gasteiger partial charge is 0.348 e. The number of anilines is 1. The number of nitrogens with zero attached hydrogens (tertiary/aromatic N) is 2. The molecule has 0 spiro atoms. The van der Waals surface area contributed by atoms with Crippen LogP contribution in [0.2, 0.25) is 0 Å². The average molecular weight is 404 g/mol. The Hall–Kier alpha value is -1.66. The van der Waals surface area contributed by atoms with E-state index in [1.54, 1.807) is 6.07 Å². The fourth-order valence-corrected chi connectivity index (χ4v) is 4.50. The molecular formula is C18H18BrN3OS. The topological polar surface area (TPSA) is 37.3 Å². The van der Waals surface area contributed by atoms with Gasteiger partial charge >= 0.3 is 0 Å². The zero-order valence-corrected chi connectivity index (χ0v) is 15.5. The third-order valence-corrected chi connectivity index (χ3v) is 5.70. The van der Waals surface area contributed by atoms with E-state index in [-0.39, 0.29) is 5.56 Å². The first kappa shape index (κ1) is 15.8. The van der Waals surface area contributed by atoms with Gasteiger partial charge in [-0.2, -0.15) is 0 Å². The molecule has 1 fully saturated rings. The van der Waals surface area contributed by atoms with Gasteiger partial charge in [-0.15, -0.1) is 0 Å². The minimum atomic E-state index is 0.116. The molecule has 2 bridgehead atoms. The van der Waals surface area contributed by atoms with Crippen LogP contribution in [-0.2, 0) is 6.54 Å². The number of nitrogens with one attached hydrogen (secondary N) is 1. The van der Waals surface area contributed by atoms with Gasteiger partial charge in [0.05, 0.1) is 0 Å². The summed E-state index contributed by atoms with van der Waals surface area (Å²) in [6.45, 7) is 2.55. The Morgan fingerprint density at radius 1 is 1.17 bits per heavy atom. The summed E-state index contributed by atoms with van der Waals surface area (Å²) in [5.74, 6) is 0.840.